The van der Waals surface area contributed by atoms with Crippen LogP contribution in [0, 0.1) is 5.92 Å². The van der Waals surface area contributed by atoms with Crippen LogP contribution >= 0.6 is 11.6 Å². The van der Waals surface area contributed by atoms with Crippen LogP contribution in [0.1, 0.15) is 58.3 Å². The van der Waals surface area contributed by atoms with Crippen LogP contribution in [0.5, 0.6) is 0 Å². The molecule has 5 heteroatoms. The van der Waals surface area contributed by atoms with Gasteiger partial charge >= 0.3 is 0 Å². The predicted octanol–water partition coefficient (Wildman–Crippen LogP) is 6.31. The Morgan fingerprint density at radius 2 is 1.83 bits per heavy atom. The Balaban J connectivity index is 2.01. The van der Waals surface area contributed by atoms with Gasteiger partial charge in [0.1, 0.15) is 11.4 Å². The lowest BCUT2D eigenvalue weighted by Crippen LogP contribution is -2.52. The molecule has 0 aliphatic heterocycles. The average molecular weight is 424 g/mol. The van der Waals surface area contributed by atoms with Gasteiger partial charge in [0.15, 0.2) is 0 Å². The van der Waals surface area contributed by atoms with E-state index < -0.39 is 5.54 Å². The van der Waals surface area contributed by atoms with Gasteiger partial charge in [-0.1, -0.05) is 62.8 Å². The Kier molecular flexibility index (Phi) is 6.14. The first-order valence-corrected chi connectivity index (χ1v) is 11.5. The highest BCUT2D eigenvalue weighted by atomic mass is 35.5. The maximum absolute atomic E-state index is 13.4. The molecule has 158 valence electrons. The molecule has 2 N–H and O–H groups in total. The number of aromatic nitrogens is 2. The molecule has 3 aromatic rings. The highest BCUT2D eigenvalue weighted by Gasteiger charge is 2.47. The molecule has 1 amide bonds. The third-order valence-corrected chi connectivity index (χ3v) is 6.93. The second-order valence-electron chi connectivity index (χ2n) is 8.49. The zero-order chi connectivity index (χ0) is 21.1. The number of amides is 1. The van der Waals surface area contributed by atoms with Crippen molar-refractivity contribution in [2.45, 2.75) is 63.8 Å². The quantitative estimate of drug-likeness (QED) is 0.484. The minimum atomic E-state index is -0.776. The molecule has 0 saturated heterocycles. The third kappa shape index (κ3) is 3.62. The monoisotopic (exact) mass is 423 g/mol. The van der Waals surface area contributed by atoms with Gasteiger partial charge < -0.3 is 10.3 Å². The van der Waals surface area contributed by atoms with E-state index in [2.05, 4.69) is 17.6 Å². The van der Waals surface area contributed by atoms with Gasteiger partial charge in [0, 0.05) is 10.6 Å². The Hall–Kier alpha value is -2.33. The topological polar surface area (TPSA) is 60.9 Å². The first-order chi connectivity index (χ1) is 14.6. The van der Waals surface area contributed by atoms with E-state index in [0.29, 0.717) is 5.02 Å². The summed E-state index contributed by atoms with van der Waals surface area (Å²) in [6, 6.07) is 15.8. The van der Waals surface area contributed by atoms with Crippen molar-refractivity contribution in [2.24, 2.45) is 11.7 Å². The number of carbonyl (C=O) groups excluding carboxylic acids is 1. The number of fused-ring (bicyclic) bond motifs is 1. The molecule has 4 rings (SSSR count). The Bertz CT molecular complexity index is 1020. The molecule has 1 aliphatic carbocycles. The van der Waals surface area contributed by atoms with Crippen LogP contribution in [0.25, 0.3) is 22.4 Å². The zero-order valence-electron chi connectivity index (χ0n) is 17.6. The number of primary amides is 1. The molecule has 1 heterocycles. The molecule has 1 saturated carbocycles. The fourth-order valence-electron chi connectivity index (χ4n) is 5.18. The fourth-order valence-corrected chi connectivity index (χ4v) is 5.31. The van der Waals surface area contributed by atoms with Crippen LogP contribution in [0.15, 0.2) is 48.5 Å². The van der Waals surface area contributed by atoms with Crippen molar-refractivity contribution in [2.75, 3.05) is 0 Å². The second-order valence-corrected chi connectivity index (χ2v) is 8.93. The summed E-state index contributed by atoms with van der Waals surface area (Å²) in [5.41, 5.74) is 8.33. The van der Waals surface area contributed by atoms with Crippen molar-refractivity contribution in [3.63, 3.8) is 0 Å². The minimum Gasteiger partial charge on any atom is -0.368 e. The van der Waals surface area contributed by atoms with E-state index in [4.69, 9.17) is 22.3 Å². The number of halogens is 1. The van der Waals surface area contributed by atoms with Gasteiger partial charge in [-0.15, -0.1) is 0 Å². The molecule has 0 bridgehead atoms. The van der Waals surface area contributed by atoms with Crippen LogP contribution in [0.2, 0.25) is 5.02 Å². The number of rotatable bonds is 7. The molecule has 0 spiro atoms. The lowest BCUT2D eigenvalue weighted by atomic mass is 9.71. The van der Waals surface area contributed by atoms with Crippen LogP contribution in [-0.2, 0) is 10.3 Å². The smallest absolute Gasteiger partial charge is 0.244 e. The SMILES string of the molecule is CCCCC(C(N)=O)(C1CCCCC1)n1c(-c2ccc(Cl)cc2)nc2ccccc21. The van der Waals surface area contributed by atoms with Gasteiger partial charge in [-0.3, -0.25) is 4.79 Å². The summed E-state index contributed by atoms with van der Waals surface area (Å²) in [5.74, 6) is 0.786. The van der Waals surface area contributed by atoms with E-state index in [1.54, 1.807) is 0 Å². The lowest BCUT2D eigenvalue weighted by Gasteiger charge is -2.43. The van der Waals surface area contributed by atoms with Gasteiger partial charge in [-0.2, -0.15) is 0 Å². The summed E-state index contributed by atoms with van der Waals surface area (Å²) in [7, 11) is 0. The standard InChI is InChI=1S/C25H30ClN3O/c1-2-3-17-25(24(27)30,19-9-5-4-6-10-19)29-22-12-8-7-11-21(22)28-23(29)18-13-15-20(26)16-14-18/h7-8,11-16,19H,2-6,9-10,17H2,1H3,(H2,27,30). The maximum atomic E-state index is 13.4. The van der Waals surface area contributed by atoms with Gasteiger partial charge in [-0.25, -0.2) is 4.98 Å². The van der Waals surface area contributed by atoms with Crippen molar-refractivity contribution in [3.05, 3.63) is 53.6 Å². The molecule has 30 heavy (non-hydrogen) atoms. The molecule has 2 aromatic carbocycles. The summed E-state index contributed by atoms with van der Waals surface area (Å²) in [4.78, 5) is 18.3. The molecule has 1 unspecified atom stereocenters. The van der Waals surface area contributed by atoms with Crippen molar-refractivity contribution >= 4 is 28.5 Å². The Morgan fingerprint density at radius 1 is 1.13 bits per heavy atom. The summed E-state index contributed by atoms with van der Waals surface area (Å²) in [6.45, 7) is 2.17. The number of nitrogens with zero attached hydrogens (tertiary/aromatic N) is 2. The molecule has 1 atom stereocenters. The minimum absolute atomic E-state index is 0.221. The van der Waals surface area contributed by atoms with Crippen molar-refractivity contribution < 1.29 is 4.79 Å². The van der Waals surface area contributed by atoms with Crippen LogP contribution in [-0.4, -0.2) is 15.5 Å². The van der Waals surface area contributed by atoms with Gasteiger partial charge in [0.05, 0.1) is 11.0 Å². The lowest BCUT2D eigenvalue weighted by molar-refractivity contribution is -0.130. The highest BCUT2D eigenvalue weighted by Crippen LogP contribution is 2.45. The number of hydrogen-bond acceptors (Lipinski definition) is 2. The average Bonchev–Trinajstić information content (AvgIpc) is 3.15. The van der Waals surface area contributed by atoms with Gasteiger partial charge in [-0.05, 0) is 61.6 Å². The number of unbranched alkanes of at least 4 members (excludes halogenated alkanes) is 1. The molecular weight excluding hydrogens is 394 g/mol. The van der Waals surface area contributed by atoms with E-state index in [1.807, 2.05) is 42.5 Å². The molecule has 4 nitrogen and oxygen atoms in total. The third-order valence-electron chi connectivity index (χ3n) is 6.68. The molecule has 1 fully saturated rings. The zero-order valence-corrected chi connectivity index (χ0v) is 18.4. The van der Waals surface area contributed by atoms with Crippen LogP contribution < -0.4 is 5.73 Å². The summed E-state index contributed by atoms with van der Waals surface area (Å²) < 4.78 is 2.18. The number of carbonyl (C=O) groups is 1. The summed E-state index contributed by atoms with van der Waals surface area (Å²) >= 11 is 6.15. The number of benzene rings is 2. The van der Waals surface area contributed by atoms with Crippen molar-refractivity contribution in [1.82, 2.24) is 9.55 Å². The van der Waals surface area contributed by atoms with E-state index >= 15 is 0 Å². The number of nitrogens with two attached hydrogens (primary N) is 1. The molecule has 1 aliphatic rings. The normalized spacial score (nSPS) is 17.1. The van der Waals surface area contributed by atoms with Gasteiger partial charge in [0.25, 0.3) is 0 Å². The summed E-state index contributed by atoms with van der Waals surface area (Å²) in [6.07, 6.45) is 8.29. The van der Waals surface area contributed by atoms with Crippen molar-refractivity contribution in [3.8, 4) is 11.4 Å². The summed E-state index contributed by atoms with van der Waals surface area (Å²) in [5, 5.41) is 0.681. The molecular formula is C25H30ClN3O. The Morgan fingerprint density at radius 3 is 2.50 bits per heavy atom. The molecule has 1 aromatic heterocycles. The van der Waals surface area contributed by atoms with E-state index in [-0.39, 0.29) is 11.8 Å². The number of hydrogen-bond donors (Lipinski definition) is 1. The maximum Gasteiger partial charge on any atom is 0.244 e. The van der Waals surface area contributed by atoms with Crippen LogP contribution in [0.4, 0.5) is 0 Å². The molecule has 0 radical (unpaired) electrons. The first-order valence-electron chi connectivity index (χ1n) is 11.1. The predicted molar refractivity (Wildman–Crippen MR) is 123 cm³/mol. The number of para-hydroxylation sites is 2. The Labute approximate surface area is 183 Å². The van der Waals surface area contributed by atoms with Crippen molar-refractivity contribution in [1.29, 1.82) is 0 Å². The van der Waals surface area contributed by atoms with E-state index in [0.717, 1.165) is 67.4 Å². The van der Waals surface area contributed by atoms with E-state index in [1.165, 1.54) is 6.42 Å². The highest BCUT2D eigenvalue weighted by molar-refractivity contribution is 6.30. The largest absolute Gasteiger partial charge is 0.368 e. The van der Waals surface area contributed by atoms with Gasteiger partial charge in [0.2, 0.25) is 5.91 Å². The van der Waals surface area contributed by atoms with Crippen LogP contribution in [0.3, 0.4) is 0 Å². The first kappa shape index (κ1) is 20.9. The van der Waals surface area contributed by atoms with E-state index in [9.17, 15) is 4.79 Å². The second kappa shape index (κ2) is 8.81. The number of imidazole rings is 1. The fraction of sp³-hybridized carbons (Fsp3) is 0.440.